The number of pyridine rings is 1. The second kappa shape index (κ2) is 18.7. The number of rotatable bonds is 7. The first kappa shape index (κ1) is 38.6. The molecule has 0 aliphatic rings. The lowest BCUT2D eigenvalue weighted by molar-refractivity contribution is 0.102. The van der Waals surface area contributed by atoms with Crippen molar-refractivity contribution in [3.8, 4) is 22.6 Å². The lowest BCUT2D eigenvalue weighted by atomic mass is 9.99. The predicted molar refractivity (Wildman–Crippen MR) is 203 cm³/mol. The Bertz CT molecular complexity index is 2220. The van der Waals surface area contributed by atoms with Crippen molar-refractivity contribution in [2.75, 3.05) is 5.32 Å². The Balaban J connectivity index is 0.000000234. The van der Waals surface area contributed by atoms with Crippen LogP contribution in [0.25, 0.3) is 32.3 Å². The SMILES string of the molecule is CCc1ccc(-c2nnn(C)n2)cc1-c1cnc(NC(=O)c2cncc(F)c2C)cn1.[C-]#[N+]c1ccc(CC)c(Br)c1.[C-]#[N+]c1ccc(CC)cc1. The monoisotopic (exact) mass is 758 g/mol. The minimum Gasteiger partial charge on any atom is -0.305 e. The fourth-order valence-electron chi connectivity index (χ4n) is 4.80. The van der Waals surface area contributed by atoms with Gasteiger partial charge in [-0.3, -0.25) is 14.8 Å². The second-order valence-electron chi connectivity index (χ2n) is 11.2. The molecule has 11 nitrogen and oxygen atoms in total. The van der Waals surface area contributed by atoms with Crippen LogP contribution < -0.4 is 5.32 Å². The number of benzene rings is 3. The number of carbonyl (C=O) groups is 1. The first-order chi connectivity index (χ1) is 25.1. The molecule has 6 aromatic rings. The summed E-state index contributed by atoms with van der Waals surface area (Å²) in [5.74, 6) is -0.278. The number of carbonyl (C=O) groups excluding carboxylic acids is 1. The molecule has 0 atom stereocenters. The standard InChI is InChI=1S/C21H19FN8O.C9H8BrN.C9H9N/c1-4-13-5-6-14(20-27-29-30(3)28-20)7-15(13)18-10-25-19(11-24-18)26-21(31)16-8-23-9-17(22)12(16)2;1-3-7-4-5-8(11-2)6-9(7)10;1-3-8-4-6-9(10-2)7-5-8/h5-11H,4H2,1-3H3,(H,25,26,31);4-6H,3H2,1H3;4-7H,3H2,1H3. The Morgan fingerprint density at radius 2 is 1.56 bits per heavy atom. The first-order valence-corrected chi connectivity index (χ1v) is 17.1. The summed E-state index contributed by atoms with van der Waals surface area (Å²) < 4.78 is 14.7. The molecule has 0 radical (unpaired) electrons. The Morgan fingerprint density at radius 1 is 0.865 bits per heavy atom. The molecule has 0 fully saturated rings. The summed E-state index contributed by atoms with van der Waals surface area (Å²) in [7, 11) is 1.71. The fourth-order valence-corrected chi connectivity index (χ4v) is 5.45. The van der Waals surface area contributed by atoms with E-state index in [9.17, 15) is 9.18 Å². The second-order valence-corrected chi connectivity index (χ2v) is 12.1. The van der Waals surface area contributed by atoms with E-state index in [1.54, 1.807) is 13.2 Å². The van der Waals surface area contributed by atoms with Gasteiger partial charge in [0.15, 0.2) is 17.2 Å². The lowest BCUT2D eigenvalue weighted by Crippen LogP contribution is -2.15. The van der Waals surface area contributed by atoms with Crippen molar-refractivity contribution in [3.63, 3.8) is 0 Å². The van der Waals surface area contributed by atoms with Gasteiger partial charge in [0.2, 0.25) is 5.82 Å². The van der Waals surface area contributed by atoms with Crippen molar-refractivity contribution >= 4 is 39.0 Å². The Morgan fingerprint density at radius 3 is 2.13 bits per heavy atom. The van der Waals surface area contributed by atoms with Gasteiger partial charge in [0.05, 0.1) is 50.0 Å². The van der Waals surface area contributed by atoms with E-state index in [0.29, 0.717) is 17.2 Å². The van der Waals surface area contributed by atoms with Crippen LogP contribution in [0.5, 0.6) is 0 Å². The van der Waals surface area contributed by atoms with E-state index in [0.717, 1.165) is 52.3 Å². The molecular weight excluding hydrogens is 723 g/mol. The Labute approximate surface area is 310 Å². The lowest BCUT2D eigenvalue weighted by Gasteiger charge is -2.10. The third kappa shape index (κ3) is 10.2. The van der Waals surface area contributed by atoms with E-state index < -0.39 is 11.7 Å². The average molecular weight is 760 g/mol. The van der Waals surface area contributed by atoms with Gasteiger partial charge in [-0.05, 0) is 54.7 Å². The number of tetrazole rings is 1. The number of nitrogens with zero attached hydrogens (tertiary/aromatic N) is 9. The molecule has 6 rings (SSSR count). The smallest absolute Gasteiger partial charge is 0.258 e. The van der Waals surface area contributed by atoms with Crippen LogP contribution in [0.4, 0.5) is 21.6 Å². The van der Waals surface area contributed by atoms with Crippen molar-refractivity contribution in [1.29, 1.82) is 0 Å². The Hall–Kier alpha value is -6.18. The molecule has 0 aliphatic carbocycles. The van der Waals surface area contributed by atoms with Crippen molar-refractivity contribution in [2.45, 2.75) is 47.0 Å². The zero-order valence-corrected chi connectivity index (χ0v) is 31.0. The number of anilines is 1. The quantitative estimate of drug-likeness (QED) is 0.161. The average Bonchev–Trinajstić information content (AvgIpc) is 3.62. The van der Waals surface area contributed by atoms with Crippen LogP contribution in [0.1, 0.15) is 53.4 Å². The zero-order chi connectivity index (χ0) is 37.6. The van der Waals surface area contributed by atoms with Crippen LogP contribution in [0.15, 0.2) is 89.9 Å². The molecule has 52 heavy (non-hydrogen) atoms. The highest BCUT2D eigenvalue weighted by Gasteiger charge is 2.15. The maximum Gasteiger partial charge on any atom is 0.258 e. The largest absolute Gasteiger partial charge is 0.305 e. The number of hydrogen-bond acceptors (Lipinski definition) is 7. The molecule has 0 saturated carbocycles. The summed E-state index contributed by atoms with van der Waals surface area (Å²) in [6.07, 6.45) is 8.26. The van der Waals surface area contributed by atoms with Gasteiger partial charge in [0, 0.05) is 27.4 Å². The molecule has 0 unspecified atom stereocenters. The summed E-state index contributed by atoms with van der Waals surface area (Å²) in [4.78, 5) is 32.9. The molecule has 0 aliphatic heterocycles. The summed E-state index contributed by atoms with van der Waals surface area (Å²) >= 11 is 3.40. The van der Waals surface area contributed by atoms with Crippen molar-refractivity contribution in [2.24, 2.45) is 7.05 Å². The van der Waals surface area contributed by atoms with Crippen LogP contribution in [0.3, 0.4) is 0 Å². The zero-order valence-electron chi connectivity index (χ0n) is 29.4. The van der Waals surface area contributed by atoms with Gasteiger partial charge >= 0.3 is 0 Å². The van der Waals surface area contributed by atoms with E-state index in [2.05, 4.69) is 82.1 Å². The number of amides is 1. The molecule has 1 amide bonds. The number of hydrogen-bond donors (Lipinski definition) is 1. The fraction of sp³-hybridized carbons (Fsp3) is 0.205. The maximum absolute atomic E-state index is 13.7. The normalized spacial score (nSPS) is 10.1. The first-order valence-electron chi connectivity index (χ1n) is 16.3. The molecule has 0 bridgehead atoms. The van der Waals surface area contributed by atoms with Crippen molar-refractivity contribution in [3.05, 3.63) is 146 Å². The molecule has 13 heteroatoms. The van der Waals surface area contributed by atoms with Gasteiger partial charge in [-0.25, -0.2) is 19.1 Å². The minimum absolute atomic E-state index is 0.142. The third-order valence-electron chi connectivity index (χ3n) is 7.85. The van der Waals surface area contributed by atoms with Gasteiger partial charge in [-0.1, -0.05) is 90.8 Å². The molecule has 0 saturated heterocycles. The maximum atomic E-state index is 13.7. The Kier molecular flexibility index (Phi) is 13.9. The molecular formula is C39H36BrFN10O. The highest BCUT2D eigenvalue weighted by atomic mass is 79.9. The number of nitrogens with one attached hydrogen (secondary N) is 1. The van der Waals surface area contributed by atoms with E-state index in [-0.39, 0.29) is 16.9 Å². The van der Waals surface area contributed by atoms with Crippen molar-refractivity contribution < 1.29 is 9.18 Å². The highest BCUT2D eigenvalue weighted by Crippen LogP contribution is 2.28. The summed E-state index contributed by atoms with van der Waals surface area (Å²) in [5.41, 5.74) is 7.74. The number of halogens is 2. The van der Waals surface area contributed by atoms with Gasteiger partial charge in [0.25, 0.3) is 5.91 Å². The van der Waals surface area contributed by atoms with Crippen LogP contribution in [-0.4, -0.2) is 41.1 Å². The van der Waals surface area contributed by atoms with E-state index in [1.807, 2.05) is 60.7 Å². The molecule has 3 heterocycles. The van der Waals surface area contributed by atoms with Gasteiger partial charge in [-0.2, -0.15) is 4.80 Å². The highest BCUT2D eigenvalue weighted by molar-refractivity contribution is 9.10. The molecule has 1 N–H and O–H groups in total. The number of aromatic nitrogens is 7. The van der Waals surface area contributed by atoms with E-state index in [4.69, 9.17) is 13.1 Å². The van der Waals surface area contributed by atoms with Crippen LogP contribution >= 0.6 is 15.9 Å². The predicted octanol–water partition coefficient (Wildman–Crippen LogP) is 9.35. The summed E-state index contributed by atoms with van der Waals surface area (Å²) in [5, 5.41) is 14.8. The number of aryl methyl sites for hydroxylation is 4. The van der Waals surface area contributed by atoms with Crippen LogP contribution in [0, 0.1) is 25.9 Å². The molecule has 3 aromatic heterocycles. The van der Waals surface area contributed by atoms with Crippen LogP contribution in [0.2, 0.25) is 0 Å². The van der Waals surface area contributed by atoms with Gasteiger partial charge in [-0.15, -0.1) is 10.2 Å². The van der Waals surface area contributed by atoms with Crippen LogP contribution in [-0.2, 0) is 26.3 Å². The van der Waals surface area contributed by atoms with Gasteiger partial charge in [0.1, 0.15) is 5.82 Å². The topological polar surface area (TPSA) is 120 Å². The van der Waals surface area contributed by atoms with Gasteiger partial charge < -0.3 is 5.32 Å². The molecule has 0 spiro atoms. The summed E-state index contributed by atoms with van der Waals surface area (Å²) in [6, 6.07) is 19.3. The third-order valence-corrected chi connectivity index (χ3v) is 8.58. The summed E-state index contributed by atoms with van der Waals surface area (Å²) in [6.45, 7) is 21.2. The molecule has 3 aromatic carbocycles. The van der Waals surface area contributed by atoms with E-state index >= 15 is 0 Å². The van der Waals surface area contributed by atoms with E-state index in [1.165, 1.54) is 35.2 Å². The minimum atomic E-state index is -0.543. The molecule has 262 valence electrons. The van der Waals surface area contributed by atoms with Crippen molar-refractivity contribution in [1.82, 2.24) is 35.2 Å².